The SMILES string of the molecule is COCCOc1ccc(NCC(=O)Nc2cccc(CCC(=O)N(C)C)c2)cc1. The third-order valence-electron chi connectivity index (χ3n) is 4.20. The number of methoxy groups -OCH3 is 1. The Hall–Kier alpha value is -3.06. The second-order valence-corrected chi connectivity index (χ2v) is 6.76. The van der Waals surface area contributed by atoms with Gasteiger partial charge in [0.2, 0.25) is 11.8 Å². The summed E-state index contributed by atoms with van der Waals surface area (Å²) in [7, 11) is 5.12. The van der Waals surface area contributed by atoms with Crippen molar-refractivity contribution in [1.82, 2.24) is 4.90 Å². The third kappa shape index (κ3) is 8.23. The van der Waals surface area contributed by atoms with Gasteiger partial charge >= 0.3 is 0 Å². The van der Waals surface area contributed by atoms with E-state index >= 15 is 0 Å². The van der Waals surface area contributed by atoms with Crippen LogP contribution in [0, 0.1) is 0 Å². The monoisotopic (exact) mass is 399 g/mol. The highest BCUT2D eigenvalue weighted by molar-refractivity contribution is 5.93. The van der Waals surface area contributed by atoms with E-state index in [0.717, 1.165) is 17.0 Å². The van der Waals surface area contributed by atoms with Crippen molar-refractivity contribution in [2.24, 2.45) is 0 Å². The zero-order chi connectivity index (χ0) is 21.1. The quantitative estimate of drug-likeness (QED) is 0.568. The van der Waals surface area contributed by atoms with E-state index in [9.17, 15) is 9.59 Å². The Morgan fingerprint density at radius 3 is 2.45 bits per heavy atom. The number of anilines is 2. The highest BCUT2D eigenvalue weighted by atomic mass is 16.5. The molecule has 2 amide bonds. The highest BCUT2D eigenvalue weighted by Crippen LogP contribution is 2.16. The van der Waals surface area contributed by atoms with Gasteiger partial charge in [-0.2, -0.15) is 0 Å². The Morgan fingerprint density at radius 2 is 1.76 bits per heavy atom. The fourth-order valence-electron chi connectivity index (χ4n) is 2.58. The first kappa shape index (κ1) is 22.2. The normalized spacial score (nSPS) is 10.3. The minimum Gasteiger partial charge on any atom is -0.491 e. The number of aryl methyl sites for hydroxylation is 1. The predicted octanol–water partition coefficient (Wildman–Crippen LogP) is 2.78. The molecule has 156 valence electrons. The number of hydrogen-bond acceptors (Lipinski definition) is 5. The van der Waals surface area contributed by atoms with Crippen molar-refractivity contribution >= 4 is 23.2 Å². The number of ether oxygens (including phenoxy) is 2. The van der Waals surface area contributed by atoms with Crippen LogP contribution in [0.15, 0.2) is 48.5 Å². The number of nitrogens with zero attached hydrogens (tertiary/aromatic N) is 1. The average Bonchev–Trinajstić information content (AvgIpc) is 2.72. The Balaban J connectivity index is 1.79. The van der Waals surface area contributed by atoms with Gasteiger partial charge in [-0.05, 0) is 48.4 Å². The summed E-state index contributed by atoms with van der Waals surface area (Å²) in [5.41, 5.74) is 2.55. The van der Waals surface area contributed by atoms with Gasteiger partial charge in [-0.15, -0.1) is 0 Å². The molecule has 0 spiro atoms. The van der Waals surface area contributed by atoms with E-state index in [0.29, 0.717) is 31.7 Å². The van der Waals surface area contributed by atoms with Crippen LogP contribution in [0.1, 0.15) is 12.0 Å². The lowest BCUT2D eigenvalue weighted by Gasteiger charge is -2.11. The van der Waals surface area contributed by atoms with Crippen molar-refractivity contribution < 1.29 is 19.1 Å². The minimum atomic E-state index is -0.146. The molecule has 0 aliphatic rings. The Labute approximate surface area is 172 Å². The average molecular weight is 399 g/mol. The summed E-state index contributed by atoms with van der Waals surface area (Å²) in [6.45, 7) is 1.18. The maximum atomic E-state index is 12.2. The fraction of sp³-hybridized carbons (Fsp3) is 0.364. The maximum absolute atomic E-state index is 12.2. The van der Waals surface area contributed by atoms with E-state index in [4.69, 9.17) is 9.47 Å². The van der Waals surface area contributed by atoms with Gasteiger partial charge in [0.15, 0.2) is 0 Å². The van der Waals surface area contributed by atoms with Gasteiger partial charge in [-0.1, -0.05) is 12.1 Å². The molecule has 0 aliphatic heterocycles. The van der Waals surface area contributed by atoms with Crippen molar-refractivity contribution in [2.45, 2.75) is 12.8 Å². The van der Waals surface area contributed by atoms with E-state index in [1.54, 1.807) is 26.1 Å². The molecule has 0 unspecified atom stereocenters. The van der Waals surface area contributed by atoms with Gasteiger partial charge in [0.1, 0.15) is 12.4 Å². The minimum absolute atomic E-state index is 0.0822. The molecule has 0 saturated carbocycles. The summed E-state index contributed by atoms with van der Waals surface area (Å²) >= 11 is 0. The van der Waals surface area contributed by atoms with Crippen LogP contribution in [0.3, 0.4) is 0 Å². The molecule has 2 N–H and O–H groups in total. The van der Waals surface area contributed by atoms with Crippen molar-refractivity contribution in [3.05, 3.63) is 54.1 Å². The van der Waals surface area contributed by atoms with Crippen molar-refractivity contribution in [2.75, 3.05) is 51.6 Å². The smallest absolute Gasteiger partial charge is 0.243 e. The molecule has 0 aliphatic carbocycles. The highest BCUT2D eigenvalue weighted by Gasteiger charge is 2.06. The molecule has 2 aromatic carbocycles. The first-order valence-electron chi connectivity index (χ1n) is 9.52. The lowest BCUT2D eigenvalue weighted by atomic mass is 10.1. The molecule has 0 heterocycles. The Kier molecular flexibility index (Phi) is 8.98. The Morgan fingerprint density at radius 1 is 1.00 bits per heavy atom. The lowest BCUT2D eigenvalue weighted by molar-refractivity contribution is -0.128. The standard InChI is InChI=1S/C22H29N3O4/c1-25(2)22(27)12-7-17-5-4-6-19(15-17)24-21(26)16-23-18-8-10-20(11-9-18)29-14-13-28-3/h4-6,8-11,15,23H,7,12-14,16H2,1-3H3,(H,24,26). The van der Waals surface area contributed by atoms with E-state index < -0.39 is 0 Å². The van der Waals surface area contributed by atoms with Crippen LogP contribution < -0.4 is 15.4 Å². The largest absolute Gasteiger partial charge is 0.491 e. The summed E-state index contributed by atoms with van der Waals surface area (Å²) in [5, 5.41) is 5.96. The zero-order valence-electron chi connectivity index (χ0n) is 17.2. The van der Waals surface area contributed by atoms with Crippen LogP contribution in [0.4, 0.5) is 11.4 Å². The number of benzene rings is 2. The second-order valence-electron chi connectivity index (χ2n) is 6.76. The van der Waals surface area contributed by atoms with E-state index in [1.807, 2.05) is 48.5 Å². The van der Waals surface area contributed by atoms with Gasteiger partial charge in [-0.25, -0.2) is 0 Å². The molecule has 0 atom stereocenters. The van der Waals surface area contributed by atoms with Gasteiger partial charge in [-0.3, -0.25) is 9.59 Å². The molecule has 0 fully saturated rings. The predicted molar refractivity (Wildman–Crippen MR) is 114 cm³/mol. The molecule has 0 bridgehead atoms. The van der Waals surface area contributed by atoms with Crippen LogP contribution in [0.5, 0.6) is 5.75 Å². The van der Waals surface area contributed by atoms with Crippen LogP contribution in [-0.2, 0) is 20.7 Å². The molecule has 0 radical (unpaired) electrons. The first-order valence-corrected chi connectivity index (χ1v) is 9.52. The fourth-order valence-corrected chi connectivity index (χ4v) is 2.58. The van der Waals surface area contributed by atoms with Crippen LogP contribution in [0.25, 0.3) is 0 Å². The number of rotatable bonds is 11. The molecule has 0 saturated heterocycles. The van der Waals surface area contributed by atoms with Crippen molar-refractivity contribution in [3.8, 4) is 5.75 Å². The molecule has 29 heavy (non-hydrogen) atoms. The molecule has 7 heteroatoms. The third-order valence-corrected chi connectivity index (χ3v) is 4.20. The summed E-state index contributed by atoms with van der Waals surface area (Å²) in [5.74, 6) is 0.687. The summed E-state index contributed by atoms with van der Waals surface area (Å²) in [6.07, 6.45) is 1.08. The van der Waals surface area contributed by atoms with Crippen LogP contribution in [-0.4, -0.2) is 57.7 Å². The van der Waals surface area contributed by atoms with Crippen molar-refractivity contribution in [1.29, 1.82) is 0 Å². The molecule has 2 aromatic rings. The number of carbonyl (C=O) groups excluding carboxylic acids is 2. The van der Waals surface area contributed by atoms with Gasteiger partial charge in [0.05, 0.1) is 13.2 Å². The number of amides is 2. The van der Waals surface area contributed by atoms with E-state index in [2.05, 4.69) is 10.6 Å². The summed E-state index contributed by atoms with van der Waals surface area (Å²) in [6, 6.07) is 15.0. The second kappa shape index (κ2) is 11.7. The number of carbonyl (C=O) groups is 2. The Bertz CT molecular complexity index is 791. The molecular weight excluding hydrogens is 370 g/mol. The molecule has 7 nitrogen and oxygen atoms in total. The van der Waals surface area contributed by atoms with Crippen molar-refractivity contribution in [3.63, 3.8) is 0 Å². The van der Waals surface area contributed by atoms with Gasteiger partial charge in [0, 0.05) is 39.0 Å². The molecule has 2 rings (SSSR count). The van der Waals surface area contributed by atoms with E-state index in [1.165, 1.54) is 0 Å². The number of hydrogen-bond donors (Lipinski definition) is 2. The van der Waals surface area contributed by atoms with Crippen LogP contribution >= 0.6 is 0 Å². The lowest BCUT2D eigenvalue weighted by Crippen LogP contribution is -2.22. The summed E-state index contributed by atoms with van der Waals surface area (Å²) < 4.78 is 10.5. The van der Waals surface area contributed by atoms with Gasteiger partial charge in [0.25, 0.3) is 0 Å². The van der Waals surface area contributed by atoms with Gasteiger partial charge < -0.3 is 25.0 Å². The maximum Gasteiger partial charge on any atom is 0.243 e. The first-order chi connectivity index (χ1) is 14.0. The van der Waals surface area contributed by atoms with E-state index in [-0.39, 0.29) is 18.4 Å². The topological polar surface area (TPSA) is 79.9 Å². The number of nitrogens with one attached hydrogen (secondary N) is 2. The molecular formula is C22H29N3O4. The zero-order valence-corrected chi connectivity index (χ0v) is 17.2. The summed E-state index contributed by atoms with van der Waals surface area (Å²) in [4.78, 5) is 25.5. The molecule has 0 aromatic heterocycles. The van der Waals surface area contributed by atoms with Crippen LogP contribution in [0.2, 0.25) is 0 Å².